The van der Waals surface area contributed by atoms with Gasteiger partial charge < -0.3 is 5.32 Å². The SMILES string of the molecule is N#Cc1ccc(CCC(=O)NCCc2ccc(S(N)(=O)=O)cc2)cc1. The molecule has 2 rings (SSSR count). The Morgan fingerprint density at radius 1 is 1.00 bits per heavy atom. The summed E-state index contributed by atoms with van der Waals surface area (Å²) in [5.74, 6) is -0.0504. The van der Waals surface area contributed by atoms with Crippen LogP contribution in [0, 0.1) is 11.3 Å². The van der Waals surface area contributed by atoms with Gasteiger partial charge in [-0.25, -0.2) is 13.6 Å². The van der Waals surface area contributed by atoms with Gasteiger partial charge >= 0.3 is 0 Å². The molecule has 0 heterocycles. The molecule has 0 aromatic heterocycles. The van der Waals surface area contributed by atoms with Crippen molar-refractivity contribution in [3.63, 3.8) is 0 Å². The highest BCUT2D eigenvalue weighted by molar-refractivity contribution is 7.89. The maximum absolute atomic E-state index is 11.9. The Balaban J connectivity index is 1.74. The fourth-order valence-corrected chi connectivity index (χ4v) is 2.80. The van der Waals surface area contributed by atoms with Gasteiger partial charge in [0.05, 0.1) is 16.5 Å². The van der Waals surface area contributed by atoms with Crippen LogP contribution < -0.4 is 10.5 Å². The molecule has 0 atom stereocenters. The summed E-state index contributed by atoms with van der Waals surface area (Å²) in [7, 11) is -3.68. The molecular weight excluding hydrogens is 338 g/mol. The normalized spacial score (nSPS) is 10.9. The third-order valence-electron chi connectivity index (χ3n) is 3.71. The number of nitrogens with two attached hydrogens (primary N) is 1. The molecule has 6 nitrogen and oxygen atoms in total. The van der Waals surface area contributed by atoms with Gasteiger partial charge in [-0.2, -0.15) is 5.26 Å². The Labute approximate surface area is 147 Å². The number of primary sulfonamides is 1. The zero-order valence-corrected chi connectivity index (χ0v) is 14.4. The molecule has 3 N–H and O–H groups in total. The summed E-state index contributed by atoms with van der Waals surface area (Å²) in [6.45, 7) is 0.473. The predicted octanol–water partition coefficient (Wildman–Crippen LogP) is 1.50. The van der Waals surface area contributed by atoms with E-state index in [1.807, 2.05) is 12.1 Å². The molecule has 0 spiro atoms. The van der Waals surface area contributed by atoms with Crippen molar-refractivity contribution >= 4 is 15.9 Å². The van der Waals surface area contributed by atoms with Crippen LogP contribution >= 0.6 is 0 Å². The van der Waals surface area contributed by atoms with Crippen LogP contribution in [0.25, 0.3) is 0 Å². The zero-order chi connectivity index (χ0) is 18.3. The topological polar surface area (TPSA) is 113 Å². The summed E-state index contributed by atoms with van der Waals surface area (Å²) in [4.78, 5) is 11.9. The summed E-state index contributed by atoms with van der Waals surface area (Å²) >= 11 is 0. The van der Waals surface area contributed by atoms with E-state index in [9.17, 15) is 13.2 Å². The molecule has 0 fully saturated rings. The number of rotatable bonds is 7. The Hall–Kier alpha value is -2.69. The first-order valence-electron chi connectivity index (χ1n) is 7.76. The summed E-state index contributed by atoms with van der Waals surface area (Å²) < 4.78 is 22.4. The molecular formula is C18H19N3O3S. The van der Waals surface area contributed by atoms with Gasteiger partial charge in [0.1, 0.15) is 0 Å². The number of carbonyl (C=O) groups excluding carboxylic acids is 1. The lowest BCUT2D eigenvalue weighted by Gasteiger charge is -2.06. The van der Waals surface area contributed by atoms with Crippen LogP contribution in [0.2, 0.25) is 0 Å². The summed E-state index contributed by atoms with van der Waals surface area (Å²) in [5.41, 5.74) is 2.52. The average molecular weight is 357 g/mol. The van der Waals surface area contributed by atoms with Gasteiger partial charge in [0.2, 0.25) is 15.9 Å². The Morgan fingerprint density at radius 3 is 2.12 bits per heavy atom. The quantitative estimate of drug-likeness (QED) is 0.781. The van der Waals surface area contributed by atoms with E-state index in [1.54, 1.807) is 24.3 Å². The van der Waals surface area contributed by atoms with Crippen LogP contribution in [0.3, 0.4) is 0 Å². The van der Waals surface area contributed by atoms with E-state index >= 15 is 0 Å². The lowest BCUT2D eigenvalue weighted by atomic mass is 10.1. The first kappa shape index (κ1) is 18.6. The lowest BCUT2D eigenvalue weighted by Crippen LogP contribution is -2.25. The van der Waals surface area contributed by atoms with E-state index in [2.05, 4.69) is 11.4 Å². The number of nitrogens with zero attached hydrogens (tertiary/aromatic N) is 1. The second-order valence-corrected chi connectivity index (χ2v) is 7.16. The van der Waals surface area contributed by atoms with Crippen molar-refractivity contribution in [3.8, 4) is 6.07 Å². The van der Waals surface area contributed by atoms with E-state index in [-0.39, 0.29) is 10.8 Å². The van der Waals surface area contributed by atoms with Gasteiger partial charge in [0.25, 0.3) is 0 Å². The van der Waals surface area contributed by atoms with E-state index in [0.717, 1.165) is 11.1 Å². The Bertz CT molecular complexity index is 867. The van der Waals surface area contributed by atoms with Crippen molar-refractivity contribution in [1.82, 2.24) is 5.32 Å². The van der Waals surface area contributed by atoms with Crippen LogP contribution in [-0.2, 0) is 27.7 Å². The van der Waals surface area contributed by atoms with Gasteiger partial charge in [0.15, 0.2) is 0 Å². The number of nitriles is 1. The number of aryl methyl sites for hydroxylation is 1. The van der Waals surface area contributed by atoms with Crippen LogP contribution in [0.5, 0.6) is 0 Å². The van der Waals surface area contributed by atoms with Gasteiger partial charge in [-0.1, -0.05) is 24.3 Å². The molecule has 0 bridgehead atoms. The van der Waals surface area contributed by atoms with Crippen molar-refractivity contribution in [2.24, 2.45) is 5.14 Å². The molecule has 25 heavy (non-hydrogen) atoms. The minimum Gasteiger partial charge on any atom is -0.356 e. The highest BCUT2D eigenvalue weighted by Gasteiger charge is 2.07. The van der Waals surface area contributed by atoms with Gasteiger partial charge in [-0.15, -0.1) is 0 Å². The highest BCUT2D eigenvalue weighted by Crippen LogP contribution is 2.09. The molecule has 130 valence electrons. The monoisotopic (exact) mass is 357 g/mol. The van der Waals surface area contributed by atoms with Crippen molar-refractivity contribution in [2.45, 2.75) is 24.2 Å². The standard InChI is InChI=1S/C18H19N3O3S/c19-13-16-3-1-14(2-4-16)7-10-18(22)21-12-11-15-5-8-17(9-6-15)25(20,23)24/h1-6,8-9H,7,10-12H2,(H,21,22)(H2,20,23,24). The maximum atomic E-state index is 11.9. The largest absolute Gasteiger partial charge is 0.356 e. The van der Waals surface area contributed by atoms with Gasteiger partial charge in [-0.05, 0) is 48.2 Å². The molecule has 2 aromatic rings. The molecule has 7 heteroatoms. The minimum absolute atomic E-state index is 0.0504. The first-order valence-corrected chi connectivity index (χ1v) is 9.30. The van der Waals surface area contributed by atoms with Crippen LogP contribution in [0.4, 0.5) is 0 Å². The summed E-state index contributed by atoms with van der Waals surface area (Å²) in [6, 6.07) is 15.5. The Kier molecular flexibility index (Phi) is 6.28. The molecule has 0 aliphatic rings. The number of hydrogen-bond donors (Lipinski definition) is 2. The molecule has 0 unspecified atom stereocenters. The smallest absolute Gasteiger partial charge is 0.238 e. The van der Waals surface area contributed by atoms with E-state index in [1.165, 1.54) is 12.1 Å². The molecule has 2 aromatic carbocycles. The van der Waals surface area contributed by atoms with Crippen molar-refractivity contribution in [2.75, 3.05) is 6.54 Å². The van der Waals surface area contributed by atoms with Crippen molar-refractivity contribution < 1.29 is 13.2 Å². The molecule has 0 saturated heterocycles. The number of carbonyl (C=O) groups is 1. The lowest BCUT2D eigenvalue weighted by molar-refractivity contribution is -0.121. The van der Waals surface area contributed by atoms with Crippen molar-refractivity contribution in [1.29, 1.82) is 5.26 Å². The first-order chi connectivity index (χ1) is 11.9. The maximum Gasteiger partial charge on any atom is 0.238 e. The van der Waals surface area contributed by atoms with Gasteiger partial charge in [0, 0.05) is 13.0 Å². The van der Waals surface area contributed by atoms with E-state index in [0.29, 0.717) is 31.4 Å². The number of benzene rings is 2. The molecule has 1 amide bonds. The predicted molar refractivity (Wildman–Crippen MR) is 94.0 cm³/mol. The molecule has 0 saturated carbocycles. The molecule has 0 radical (unpaired) electrons. The number of amides is 1. The zero-order valence-electron chi connectivity index (χ0n) is 13.6. The minimum atomic E-state index is -3.68. The fraction of sp³-hybridized carbons (Fsp3) is 0.222. The van der Waals surface area contributed by atoms with Crippen LogP contribution in [0.15, 0.2) is 53.4 Å². The van der Waals surface area contributed by atoms with Crippen LogP contribution in [0.1, 0.15) is 23.1 Å². The third-order valence-corrected chi connectivity index (χ3v) is 4.64. The highest BCUT2D eigenvalue weighted by atomic mass is 32.2. The van der Waals surface area contributed by atoms with Crippen molar-refractivity contribution in [3.05, 3.63) is 65.2 Å². The molecule has 0 aliphatic heterocycles. The van der Waals surface area contributed by atoms with E-state index < -0.39 is 10.0 Å². The second kappa shape index (κ2) is 8.42. The summed E-state index contributed by atoms with van der Waals surface area (Å²) in [6.07, 6.45) is 1.59. The van der Waals surface area contributed by atoms with Crippen LogP contribution in [-0.4, -0.2) is 20.9 Å². The van der Waals surface area contributed by atoms with Gasteiger partial charge in [-0.3, -0.25) is 4.79 Å². The third kappa shape index (κ3) is 6.03. The number of sulfonamides is 1. The Morgan fingerprint density at radius 2 is 1.56 bits per heavy atom. The fourth-order valence-electron chi connectivity index (χ4n) is 2.28. The van der Waals surface area contributed by atoms with E-state index in [4.69, 9.17) is 10.4 Å². The second-order valence-electron chi connectivity index (χ2n) is 5.60. The average Bonchev–Trinajstić information content (AvgIpc) is 2.60. The summed E-state index contributed by atoms with van der Waals surface area (Å²) in [5, 5.41) is 16.6. The number of nitrogens with one attached hydrogen (secondary N) is 1. The molecule has 0 aliphatic carbocycles. The number of hydrogen-bond acceptors (Lipinski definition) is 4.